The summed E-state index contributed by atoms with van der Waals surface area (Å²) in [6.45, 7) is 0.256. The summed E-state index contributed by atoms with van der Waals surface area (Å²) in [5, 5.41) is 10.9. The maximum absolute atomic E-state index is 13.2. The number of rotatable bonds is 9. The number of ketones is 1. The van der Waals surface area contributed by atoms with Crippen molar-refractivity contribution in [2.45, 2.75) is 12.8 Å². The number of carbonyl (C=O) groups excluding carboxylic acids is 1. The van der Waals surface area contributed by atoms with E-state index in [0.717, 1.165) is 10.6 Å². The highest BCUT2D eigenvalue weighted by molar-refractivity contribution is 6.36. The number of hydrogen-bond donors (Lipinski definition) is 1. The SMILES string of the molecule is COc1ccc(C(=O)CC2=C(Cl)CN(O)C=C2Cl)c(OCCc2ccc(F)cc2)c1OC. The van der Waals surface area contributed by atoms with Gasteiger partial charge in [-0.05, 0) is 35.4 Å². The van der Waals surface area contributed by atoms with E-state index >= 15 is 0 Å². The lowest BCUT2D eigenvalue weighted by Crippen LogP contribution is -2.20. The molecule has 9 heteroatoms. The van der Waals surface area contributed by atoms with Crippen LogP contribution in [0, 0.1) is 5.82 Å². The normalized spacial score (nSPS) is 13.7. The van der Waals surface area contributed by atoms with Crippen molar-refractivity contribution >= 4 is 29.0 Å². The topological polar surface area (TPSA) is 68.2 Å². The Morgan fingerprint density at radius 1 is 1.09 bits per heavy atom. The van der Waals surface area contributed by atoms with Gasteiger partial charge in [0.25, 0.3) is 0 Å². The van der Waals surface area contributed by atoms with Gasteiger partial charge in [-0.2, -0.15) is 0 Å². The van der Waals surface area contributed by atoms with Crippen LogP contribution in [-0.4, -0.2) is 43.4 Å². The molecule has 32 heavy (non-hydrogen) atoms. The second-order valence-corrected chi connectivity index (χ2v) is 7.82. The highest BCUT2D eigenvalue weighted by atomic mass is 35.5. The number of methoxy groups -OCH3 is 2. The summed E-state index contributed by atoms with van der Waals surface area (Å²) in [6, 6.07) is 9.30. The molecule has 0 aliphatic carbocycles. The molecule has 0 saturated carbocycles. The van der Waals surface area contributed by atoms with Crippen molar-refractivity contribution in [3.8, 4) is 17.2 Å². The average Bonchev–Trinajstić information content (AvgIpc) is 2.76. The minimum absolute atomic E-state index is 0.0351. The van der Waals surface area contributed by atoms with E-state index in [2.05, 4.69) is 0 Å². The van der Waals surface area contributed by atoms with Gasteiger partial charge >= 0.3 is 0 Å². The van der Waals surface area contributed by atoms with Crippen LogP contribution in [0.15, 0.2) is 58.2 Å². The maximum Gasteiger partial charge on any atom is 0.204 e. The molecule has 0 bridgehead atoms. The molecule has 0 atom stereocenters. The third-order valence-electron chi connectivity index (χ3n) is 4.87. The zero-order valence-electron chi connectivity index (χ0n) is 17.5. The molecule has 0 aromatic heterocycles. The Morgan fingerprint density at radius 3 is 2.44 bits per heavy atom. The quantitative estimate of drug-likeness (QED) is 0.489. The Bertz CT molecular complexity index is 1050. The van der Waals surface area contributed by atoms with Crippen molar-refractivity contribution in [3.63, 3.8) is 0 Å². The second kappa shape index (κ2) is 10.7. The second-order valence-electron chi connectivity index (χ2n) is 6.96. The predicted molar refractivity (Wildman–Crippen MR) is 119 cm³/mol. The van der Waals surface area contributed by atoms with Gasteiger partial charge in [0.1, 0.15) is 5.82 Å². The Morgan fingerprint density at radius 2 is 1.81 bits per heavy atom. The van der Waals surface area contributed by atoms with E-state index in [1.807, 2.05) is 0 Å². The van der Waals surface area contributed by atoms with Crippen molar-refractivity contribution in [1.29, 1.82) is 0 Å². The molecule has 0 saturated heterocycles. The molecule has 3 rings (SSSR count). The van der Waals surface area contributed by atoms with Gasteiger partial charge in [0, 0.05) is 24.1 Å². The smallest absolute Gasteiger partial charge is 0.204 e. The van der Waals surface area contributed by atoms with Gasteiger partial charge < -0.3 is 14.2 Å². The van der Waals surface area contributed by atoms with Crippen molar-refractivity contribution in [3.05, 3.63) is 75.2 Å². The molecule has 170 valence electrons. The van der Waals surface area contributed by atoms with Crippen LogP contribution < -0.4 is 14.2 Å². The first-order chi connectivity index (χ1) is 15.3. The van der Waals surface area contributed by atoms with E-state index < -0.39 is 0 Å². The fraction of sp³-hybridized carbons (Fsp3) is 0.261. The number of benzene rings is 2. The van der Waals surface area contributed by atoms with Crippen LogP contribution in [0.2, 0.25) is 0 Å². The van der Waals surface area contributed by atoms with E-state index in [1.54, 1.807) is 24.3 Å². The number of hydroxylamine groups is 2. The minimum atomic E-state index is -0.315. The summed E-state index contributed by atoms with van der Waals surface area (Å²) >= 11 is 12.4. The molecule has 0 unspecified atom stereocenters. The van der Waals surface area contributed by atoms with Crippen molar-refractivity contribution in [2.75, 3.05) is 27.4 Å². The molecule has 1 N–H and O–H groups in total. The third kappa shape index (κ3) is 5.54. The number of nitrogens with zero attached hydrogens (tertiary/aromatic N) is 1. The molecule has 0 radical (unpaired) electrons. The highest BCUT2D eigenvalue weighted by Crippen LogP contribution is 2.41. The average molecular weight is 482 g/mol. The predicted octanol–water partition coefficient (Wildman–Crippen LogP) is 5.32. The van der Waals surface area contributed by atoms with Gasteiger partial charge in [-0.15, -0.1) is 0 Å². The van der Waals surface area contributed by atoms with Gasteiger partial charge in [0.2, 0.25) is 5.75 Å². The molecule has 1 heterocycles. The lowest BCUT2D eigenvalue weighted by atomic mass is 10.00. The summed E-state index contributed by atoms with van der Waals surface area (Å²) in [5.41, 5.74) is 1.58. The summed E-state index contributed by atoms with van der Waals surface area (Å²) in [6.07, 6.45) is 1.70. The van der Waals surface area contributed by atoms with Crippen molar-refractivity contribution < 1.29 is 28.6 Å². The highest BCUT2D eigenvalue weighted by Gasteiger charge is 2.25. The van der Waals surface area contributed by atoms with E-state index in [-0.39, 0.29) is 58.3 Å². The number of Topliss-reactive ketones (excluding diaryl/α,β-unsaturated/α-hetero) is 1. The van der Waals surface area contributed by atoms with Crippen LogP contribution in [0.5, 0.6) is 17.2 Å². The number of ether oxygens (including phenoxy) is 3. The molecule has 2 aromatic rings. The first kappa shape index (κ1) is 23.9. The van der Waals surface area contributed by atoms with Crippen LogP contribution in [0.4, 0.5) is 4.39 Å². The van der Waals surface area contributed by atoms with Gasteiger partial charge in [-0.1, -0.05) is 35.3 Å². The number of allylic oxidation sites excluding steroid dienone is 2. The Labute approximate surface area is 195 Å². The monoisotopic (exact) mass is 481 g/mol. The molecule has 2 aromatic carbocycles. The van der Waals surface area contributed by atoms with Crippen LogP contribution >= 0.6 is 23.2 Å². The molecule has 0 fully saturated rings. The number of hydrogen-bond acceptors (Lipinski definition) is 6. The van der Waals surface area contributed by atoms with E-state index in [4.69, 9.17) is 37.4 Å². The number of carbonyl (C=O) groups is 1. The van der Waals surface area contributed by atoms with E-state index in [1.165, 1.54) is 32.6 Å². The molecular formula is C23H22Cl2FNO5. The van der Waals surface area contributed by atoms with Gasteiger partial charge in [0.05, 0.1) is 38.0 Å². The van der Waals surface area contributed by atoms with Crippen LogP contribution in [-0.2, 0) is 6.42 Å². The first-order valence-corrected chi connectivity index (χ1v) is 10.5. The van der Waals surface area contributed by atoms with Crippen molar-refractivity contribution in [1.82, 2.24) is 5.06 Å². The Hall–Kier alpha value is -2.74. The van der Waals surface area contributed by atoms with Crippen LogP contribution in [0.1, 0.15) is 22.3 Å². The third-order valence-corrected chi connectivity index (χ3v) is 5.54. The molecule has 1 aliphatic heterocycles. The standard InChI is InChI=1S/C23H22Cl2FNO5/c1-30-21-8-7-16(20(28)11-17-18(24)12-27(29)13-19(17)25)22(23(21)31-2)32-10-9-14-3-5-15(26)6-4-14/h3-8,12,29H,9-11,13H2,1-2H3. The molecule has 6 nitrogen and oxygen atoms in total. The van der Waals surface area contributed by atoms with Crippen LogP contribution in [0.25, 0.3) is 0 Å². The summed E-state index contributed by atoms with van der Waals surface area (Å²) in [7, 11) is 2.94. The fourth-order valence-electron chi connectivity index (χ4n) is 3.24. The van der Waals surface area contributed by atoms with Crippen molar-refractivity contribution in [2.24, 2.45) is 0 Å². The molecule has 1 aliphatic rings. The zero-order chi connectivity index (χ0) is 23.3. The van der Waals surface area contributed by atoms with Gasteiger partial charge in [-0.3, -0.25) is 15.1 Å². The van der Waals surface area contributed by atoms with Gasteiger partial charge in [-0.25, -0.2) is 4.39 Å². The van der Waals surface area contributed by atoms with Crippen LogP contribution in [0.3, 0.4) is 0 Å². The minimum Gasteiger partial charge on any atom is -0.493 e. The Balaban J connectivity index is 1.86. The van der Waals surface area contributed by atoms with Gasteiger partial charge in [0.15, 0.2) is 17.3 Å². The van der Waals surface area contributed by atoms with E-state index in [0.29, 0.717) is 17.7 Å². The molecular weight excluding hydrogens is 460 g/mol. The lowest BCUT2D eigenvalue weighted by molar-refractivity contribution is -0.0320. The zero-order valence-corrected chi connectivity index (χ0v) is 19.0. The largest absolute Gasteiger partial charge is 0.493 e. The fourth-order valence-corrected chi connectivity index (χ4v) is 3.87. The summed E-state index contributed by atoms with van der Waals surface area (Å²) in [4.78, 5) is 13.2. The molecule has 0 amide bonds. The lowest BCUT2D eigenvalue weighted by Gasteiger charge is -2.21. The summed E-state index contributed by atoms with van der Waals surface area (Å²) in [5.74, 6) is 0.308. The first-order valence-electron chi connectivity index (χ1n) is 9.70. The number of halogens is 3. The molecule has 0 spiro atoms. The Kier molecular flexibility index (Phi) is 8.01. The maximum atomic E-state index is 13.2. The van der Waals surface area contributed by atoms with E-state index in [9.17, 15) is 14.4 Å². The summed E-state index contributed by atoms with van der Waals surface area (Å²) < 4.78 is 29.9.